The van der Waals surface area contributed by atoms with Crippen LogP contribution in [0.4, 0.5) is 5.69 Å². The summed E-state index contributed by atoms with van der Waals surface area (Å²) in [4.78, 5) is 33.2. The van der Waals surface area contributed by atoms with Gasteiger partial charge in [-0.3, -0.25) is 9.59 Å². The number of ketones is 1. The lowest BCUT2D eigenvalue weighted by atomic mass is 10.1. The van der Waals surface area contributed by atoms with Gasteiger partial charge in [0.2, 0.25) is 0 Å². The molecule has 0 aliphatic carbocycles. The number of hydrogen-bond acceptors (Lipinski definition) is 5. The molecule has 0 spiro atoms. The van der Waals surface area contributed by atoms with Gasteiger partial charge in [0.05, 0.1) is 29.2 Å². The van der Waals surface area contributed by atoms with Gasteiger partial charge in [0, 0.05) is 36.0 Å². The molecule has 1 atom stereocenters. The van der Waals surface area contributed by atoms with Crippen molar-refractivity contribution in [2.24, 2.45) is 5.73 Å². The highest BCUT2D eigenvalue weighted by atomic mass is 79.9. The first kappa shape index (κ1) is 38.4. The van der Waals surface area contributed by atoms with Crippen LogP contribution < -0.4 is 32.4 Å². The van der Waals surface area contributed by atoms with Gasteiger partial charge in [-0.15, -0.1) is 0 Å². The van der Waals surface area contributed by atoms with Crippen molar-refractivity contribution < 1.29 is 31.3 Å². The maximum absolute atomic E-state index is 13.6. The Morgan fingerprint density at radius 3 is 2.16 bits per heavy atom. The van der Waals surface area contributed by atoms with Crippen molar-refractivity contribution in [2.75, 3.05) is 36.6 Å². The van der Waals surface area contributed by atoms with E-state index in [1.165, 1.54) is 4.90 Å². The number of pyridine rings is 1. The number of aryl methyl sites for hydroxylation is 1. The lowest BCUT2D eigenvalue weighted by Crippen LogP contribution is -3.00. The highest BCUT2D eigenvalue weighted by molar-refractivity contribution is 7.76. The van der Waals surface area contributed by atoms with Crippen LogP contribution in [0.25, 0.3) is 10.9 Å². The second-order valence-corrected chi connectivity index (χ2v) is 16.6. The van der Waals surface area contributed by atoms with E-state index in [2.05, 4.69) is 25.8 Å². The van der Waals surface area contributed by atoms with Crippen molar-refractivity contribution >= 4 is 58.7 Å². The van der Waals surface area contributed by atoms with Crippen molar-refractivity contribution in [2.45, 2.75) is 78.9 Å². The number of ether oxygens (including phenoxy) is 1. The lowest BCUT2D eigenvalue weighted by molar-refractivity contribution is -0.127. The van der Waals surface area contributed by atoms with E-state index in [1.54, 1.807) is 19.2 Å². The largest absolute Gasteiger partial charge is 1.00 e. The first-order chi connectivity index (χ1) is 20.6. The monoisotopic (exact) mass is 725 g/mol. The third-order valence-electron chi connectivity index (χ3n) is 8.11. The normalized spacial score (nSPS) is 12.1. The third-order valence-corrected chi connectivity index (χ3v) is 13.7. The Morgan fingerprint density at radius 1 is 0.955 bits per heavy atom. The summed E-state index contributed by atoms with van der Waals surface area (Å²) in [6.07, 6.45) is 10.3. The molecule has 3 rings (SSSR count). The highest BCUT2D eigenvalue weighted by Gasteiger charge is 2.41. The van der Waals surface area contributed by atoms with Gasteiger partial charge >= 0.3 is 0 Å². The molecule has 1 heterocycles. The molecular weight excluding hydrogens is 680 g/mol. The predicted molar refractivity (Wildman–Crippen MR) is 185 cm³/mol. The van der Waals surface area contributed by atoms with Gasteiger partial charge in [-0.1, -0.05) is 81.4 Å². The molecule has 0 saturated carbocycles. The Labute approximate surface area is 284 Å². The summed E-state index contributed by atoms with van der Waals surface area (Å²) in [6.45, 7) is 8.58. The van der Waals surface area contributed by atoms with E-state index in [0.29, 0.717) is 28.2 Å². The van der Waals surface area contributed by atoms with Gasteiger partial charge in [-0.05, 0) is 50.5 Å². The van der Waals surface area contributed by atoms with Crippen LogP contribution in [0, 0.1) is 6.92 Å². The van der Waals surface area contributed by atoms with Crippen LogP contribution in [0.15, 0.2) is 42.5 Å². The minimum Gasteiger partial charge on any atom is -1.00 e. The second kappa shape index (κ2) is 18.4. The van der Waals surface area contributed by atoms with E-state index in [1.807, 2.05) is 37.3 Å². The number of Topliss-reactive ketones (excluding diaryl/α,β-unsaturated/α-hetero) is 1. The minimum absolute atomic E-state index is 0. The average Bonchev–Trinajstić information content (AvgIpc) is 3.00. The molecule has 0 radical (unpaired) electrons. The molecule has 44 heavy (non-hydrogen) atoms. The third kappa shape index (κ3) is 9.87. The highest BCUT2D eigenvalue weighted by Crippen LogP contribution is 2.60. The van der Waals surface area contributed by atoms with E-state index in [4.69, 9.17) is 33.7 Å². The number of nitrogens with zero attached hydrogens (tertiary/aromatic N) is 2. The van der Waals surface area contributed by atoms with Gasteiger partial charge in [-0.25, -0.2) is 4.98 Å². The minimum atomic E-state index is -1.55. The van der Waals surface area contributed by atoms with Crippen LogP contribution in [-0.4, -0.2) is 54.4 Å². The fourth-order valence-corrected chi connectivity index (χ4v) is 11.0. The number of aromatic nitrogens is 1. The second-order valence-electron chi connectivity index (χ2n) is 11.5. The number of anilines is 1. The number of fused-ring (bicyclic) bond motifs is 1. The molecule has 1 aromatic heterocycles. The van der Waals surface area contributed by atoms with E-state index >= 15 is 0 Å². The van der Waals surface area contributed by atoms with Crippen LogP contribution in [0.3, 0.4) is 0 Å². The van der Waals surface area contributed by atoms with Crippen LogP contribution in [-0.2, 0) is 16.2 Å². The fourth-order valence-electron chi connectivity index (χ4n) is 5.41. The number of benzene rings is 2. The molecule has 0 aliphatic heterocycles. The van der Waals surface area contributed by atoms with Crippen molar-refractivity contribution in [1.29, 1.82) is 0 Å². The van der Waals surface area contributed by atoms with Crippen LogP contribution in [0.2, 0.25) is 10.0 Å². The Bertz CT molecular complexity index is 1390. The molecule has 0 aliphatic rings. The van der Waals surface area contributed by atoms with Gasteiger partial charge in [0.1, 0.15) is 30.1 Å². The number of rotatable bonds is 17. The van der Waals surface area contributed by atoms with E-state index < -0.39 is 19.2 Å². The molecular formula is C34H47BrCl2N3O3P. The van der Waals surface area contributed by atoms with E-state index in [0.717, 1.165) is 73.6 Å². The molecule has 2 aromatic carbocycles. The number of hydrogen-bond donors (Lipinski definition) is 1. The number of carbonyl (C=O) groups is 2. The topological polar surface area (TPSA) is 85.5 Å². The number of carbonyl (C=O) groups excluding carboxylic acids is 2. The molecule has 3 aromatic rings. The van der Waals surface area contributed by atoms with Crippen molar-refractivity contribution in [3.05, 3.63) is 63.8 Å². The summed E-state index contributed by atoms with van der Waals surface area (Å²) in [6, 6.07) is 11.8. The molecule has 6 nitrogen and oxygen atoms in total. The van der Waals surface area contributed by atoms with Gasteiger partial charge < -0.3 is 32.4 Å². The van der Waals surface area contributed by atoms with Gasteiger partial charge in [0.15, 0.2) is 5.78 Å². The van der Waals surface area contributed by atoms with Crippen LogP contribution in [0.5, 0.6) is 5.75 Å². The SMILES string of the molecule is CCCC[P+](CCCC)(CCCC)CC(=O)[C@H](N)C(=O)N(C)c1ccc(Cl)c(COc2cccc3ccc(C)nc23)c1Cl.[Br-]. The zero-order valence-electron chi connectivity index (χ0n) is 26.7. The molecule has 0 unspecified atom stereocenters. The first-order valence-corrected chi connectivity index (χ1v) is 18.7. The Balaban J connectivity index is 0.00000675. The maximum Gasteiger partial charge on any atom is 0.251 e. The lowest BCUT2D eigenvalue weighted by Gasteiger charge is -2.29. The number of likely N-dealkylation sites (N-methyl/N-ethyl adjacent to an activating group) is 1. The Kier molecular flexibility index (Phi) is 16.1. The summed E-state index contributed by atoms with van der Waals surface area (Å²) in [5.74, 6) is -0.0351. The van der Waals surface area contributed by atoms with E-state index in [9.17, 15) is 9.59 Å². The van der Waals surface area contributed by atoms with Crippen molar-refractivity contribution in [3.8, 4) is 5.75 Å². The zero-order chi connectivity index (χ0) is 31.6. The molecule has 2 N–H and O–H groups in total. The molecule has 242 valence electrons. The number of para-hydroxylation sites is 1. The summed E-state index contributed by atoms with van der Waals surface area (Å²) in [5.41, 5.74) is 8.98. The Morgan fingerprint density at radius 2 is 1.57 bits per heavy atom. The average molecular weight is 728 g/mol. The summed E-state index contributed by atoms with van der Waals surface area (Å²) in [7, 11) is 0.0513. The van der Waals surface area contributed by atoms with Gasteiger partial charge in [0.25, 0.3) is 5.91 Å². The summed E-state index contributed by atoms with van der Waals surface area (Å²) in [5, 5.41) is 1.66. The number of unbranched alkanes of at least 4 members (excludes halogenated alkanes) is 3. The number of amides is 1. The zero-order valence-corrected chi connectivity index (χ0v) is 30.7. The maximum atomic E-state index is 13.6. The van der Waals surface area contributed by atoms with Crippen molar-refractivity contribution in [1.82, 2.24) is 4.98 Å². The number of halogens is 3. The number of nitrogens with two attached hydrogens (primary N) is 1. The van der Waals surface area contributed by atoms with Crippen molar-refractivity contribution in [3.63, 3.8) is 0 Å². The Hall–Kier alpha value is -1.76. The predicted octanol–water partition coefficient (Wildman–Crippen LogP) is 5.71. The molecule has 0 fully saturated rings. The summed E-state index contributed by atoms with van der Waals surface area (Å²) >= 11 is 13.4. The summed E-state index contributed by atoms with van der Waals surface area (Å²) < 4.78 is 6.14. The quantitative estimate of drug-likeness (QED) is 0.142. The standard InChI is InChI=1S/C34H47Cl2N3O3P.BrH/c1-6-9-19-43(20-10-7-2,21-11-8-3)23-29(40)32(37)34(41)39(5)28-18-17-27(35)26(31(28)36)22-42-30-14-12-13-25-16-15-24(4)38-33(25)30;/h12-18,32H,6-11,19-23,37H2,1-5H3;1H/q+1;/p-1/t32-;/m0./s1. The smallest absolute Gasteiger partial charge is 0.251 e. The fraction of sp³-hybridized carbons (Fsp3) is 0.500. The van der Waals surface area contributed by atoms with Gasteiger partial charge in [-0.2, -0.15) is 0 Å². The van der Waals surface area contributed by atoms with Crippen LogP contribution in [0.1, 0.15) is 70.6 Å². The van der Waals surface area contributed by atoms with E-state index in [-0.39, 0.29) is 34.4 Å². The molecule has 10 heteroatoms. The first-order valence-electron chi connectivity index (χ1n) is 15.4. The van der Waals surface area contributed by atoms with Crippen LogP contribution >= 0.6 is 30.5 Å². The molecule has 1 amide bonds. The molecule has 0 saturated heterocycles. The molecule has 0 bridgehead atoms.